The molecule has 0 aliphatic carbocycles. The first kappa shape index (κ1) is 19.3. The van der Waals surface area contributed by atoms with Crippen LogP contribution < -0.4 is 5.32 Å². The van der Waals surface area contributed by atoms with Crippen molar-refractivity contribution in [2.45, 2.75) is 11.8 Å². The number of rotatable bonds is 6. The molecule has 8 nitrogen and oxygen atoms in total. The van der Waals surface area contributed by atoms with Crippen molar-refractivity contribution in [2.24, 2.45) is 0 Å². The average Bonchev–Trinajstić information content (AvgIpc) is 2.70. The van der Waals surface area contributed by atoms with E-state index >= 15 is 0 Å². The number of carbonyl (C=O) groups is 1. The minimum absolute atomic E-state index is 0.146. The number of hydrogen-bond acceptors (Lipinski definition) is 7. The van der Waals surface area contributed by atoms with Gasteiger partial charge in [0.15, 0.2) is 0 Å². The molecule has 9 heteroatoms. The molecule has 2 heterocycles. The number of esters is 1. The van der Waals surface area contributed by atoms with E-state index in [2.05, 4.69) is 10.3 Å². The fourth-order valence-electron chi connectivity index (χ4n) is 2.59. The molecule has 3 rings (SSSR count). The van der Waals surface area contributed by atoms with Gasteiger partial charge in [-0.25, -0.2) is 18.2 Å². The van der Waals surface area contributed by atoms with Crippen LogP contribution in [0, 0.1) is 0 Å². The lowest BCUT2D eigenvalue weighted by atomic mass is 10.2. The Morgan fingerprint density at radius 1 is 1.19 bits per heavy atom. The zero-order valence-electron chi connectivity index (χ0n) is 14.9. The number of benzene rings is 1. The Labute approximate surface area is 158 Å². The number of nitrogens with zero attached hydrogens (tertiary/aromatic N) is 2. The number of morpholine rings is 1. The van der Waals surface area contributed by atoms with Gasteiger partial charge in [-0.1, -0.05) is 0 Å². The van der Waals surface area contributed by atoms with Gasteiger partial charge in [-0.3, -0.25) is 0 Å². The Balaban J connectivity index is 1.68. The number of anilines is 2. The van der Waals surface area contributed by atoms with Crippen molar-refractivity contribution in [3.63, 3.8) is 0 Å². The number of nitrogens with one attached hydrogen (secondary N) is 1. The molecule has 0 saturated carbocycles. The highest BCUT2D eigenvalue weighted by molar-refractivity contribution is 7.89. The molecule has 1 aliphatic rings. The van der Waals surface area contributed by atoms with Crippen LogP contribution in [0.3, 0.4) is 0 Å². The van der Waals surface area contributed by atoms with E-state index < -0.39 is 10.0 Å². The van der Waals surface area contributed by atoms with Crippen molar-refractivity contribution in [1.29, 1.82) is 0 Å². The zero-order chi connectivity index (χ0) is 19.3. The molecule has 1 aromatic carbocycles. The lowest BCUT2D eigenvalue weighted by Gasteiger charge is -2.25. The predicted octanol–water partition coefficient (Wildman–Crippen LogP) is 2.02. The summed E-state index contributed by atoms with van der Waals surface area (Å²) in [5.41, 5.74) is 1.18. The highest BCUT2D eigenvalue weighted by Crippen LogP contribution is 2.20. The van der Waals surface area contributed by atoms with Crippen LogP contribution in [0.1, 0.15) is 17.3 Å². The maximum atomic E-state index is 12.6. The summed E-state index contributed by atoms with van der Waals surface area (Å²) >= 11 is 0. The van der Waals surface area contributed by atoms with E-state index in [1.807, 2.05) is 0 Å². The smallest absolute Gasteiger partial charge is 0.338 e. The van der Waals surface area contributed by atoms with E-state index in [4.69, 9.17) is 9.47 Å². The first-order chi connectivity index (χ1) is 13.0. The minimum atomic E-state index is -3.56. The fourth-order valence-corrected chi connectivity index (χ4v) is 3.95. The Hall–Kier alpha value is -2.49. The van der Waals surface area contributed by atoms with Crippen LogP contribution >= 0.6 is 0 Å². The highest BCUT2D eigenvalue weighted by atomic mass is 32.2. The number of hydrogen-bond donors (Lipinski definition) is 1. The second-order valence-corrected chi connectivity index (χ2v) is 7.76. The van der Waals surface area contributed by atoms with E-state index in [1.54, 1.807) is 37.3 Å². The second-order valence-electron chi connectivity index (χ2n) is 5.82. The maximum absolute atomic E-state index is 12.6. The van der Waals surface area contributed by atoms with Crippen molar-refractivity contribution < 1.29 is 22.7 Å². The zero-order valence-corrected chi connectivity index (χ0v) is 15.7. The third kappa shape index (κ3) is 4.62. The molecule has 1 aromatic heterocycles. The summed E-state index contributed by atoms with van der Waals surface area (Å²) < 4.78 is 36.7. The van der Waals surface area contributed by atoms with E-state index in [0.717, 1.165) is 5.69 Å². The third-order valence-corrected chi connectivity index (χ3v) is 5.89. The van der Waals surface area contributed by atoms with Crippen molar-refractivity contribution in [3.8, 4) is 0 Å². The summed E-state index contributed by atoms with van der Waals surface area (Å²) in [7, 11) is -3.56. The SMILES string of the molecule is CCOC(=O)c1ccc(Nc2ccc(S(=O)(=O)N3CCOCC3)cn2)cc1. The number of carbonyl (C=O) groups excluding carboxylic acids is 1. The monoisotopic (exact) mass is 391 g/mol. The van der Waals surface area contributed by atoms with Crippen LogP contribution in [0.25, 0.3) is 0 Å². The molecule has 1 aliphatic heterocycles. The van der Waals surface area contributed by atoms with E-state index in [0.29, 0.717) is 44.3 Å². The lowest BCUT2D eigenvalue weighted by Crippen LogP contribution is -2.40. The molecule has 144 valence electrons. The highest BCUT2D eigenvalue weighted by Gasteiger charge is 2.26. The van der Waals surface area contributed by atoms with Gasteiger partial charge in [0.1, 0.15) is 10.7 Å². The van der Waals surface area contributed by atoms with Crippen molar-refractivity contribution in [3.05, 3.63) is 48.2 Å². The molecule has 0 amide bonds. The summed E-state index contributed by atoms with van der Waals surface area (Å²) in [4.78, 5) is 16.0. The maximum Gasteiger partial charge on any atom is 0.338 e. The average molecular weight is 391 g/mol. The molecule has 0 spiro atoms. The number of pyridine rings is 1. The summed E-state index contributed by atoms with van der Waals surface area (Å²) in [5, 5.41) is 3.07. The Morgan fingerprint density at radius 3 is 2.48 bits per heavy atom. The standard InChI is InChI=1S/C18H21N3O5S/c1-2-26-18(22)14-3-5-15(6-4-14)20-17-8-7-16(13-19-17)27(23,24)21-9-11-25-12-10-21/h3-8,13H,2,9-12H2,1H3,(H,19,20). The van der Waals surface area contributed by atoms with Gasteiger partial charge in [-0.2, -0.15) is 4.31 Å². The van der Waals surface area contributed by atoms with Crippen LogP contribution in [0.5, 0.6) is 0 Å². The van der Waals surface area contributed by atoms with Crippen molar-refractivity contribution in [1.82, 2.24) is 9.29 Å². The van der Waals surface area contributed by atoms with Crippen molar-refractivity contribution >= 4 is 27.5 Å². The molecule has 0 radical (unpaired) electrons. The summed E-state index contributed by atoms with van der Waals surface area (Å²) in [5.74, 6) is 0.125. The Morgan fingerprint density at radius 2 is 1.89 bits per heavy atom. The van der Waals surface area contributed by atoms with Gasteiger partial charge in [0.05, 0.1) is 25.4 Å². The van der Waals surface area contributed by atoms with Gasteiger partial charge < -0.3 is 14.8 Å². The molecule has 1 saturated heterocycles. The molecule has 1 fully saturated rings. The van der Waals surface area contributed by atoms with E-state index in [9.17, 15) is 13.2 Å². The molecule has 1 N–H and O–H groups in total. The second kappa shape index (κ2) is 8.47. The third-order valence-electron chi connectivity index (χ3n) is 4.01. The van der Waals surface area contributed by atoms with Gasteiger partial charge in [0, 0.05) is 25.0 Å². The van der Waals surface area contributed by atoms with Crippen LogP contribution in [-0.4, -0.2) is 56.6 Å². The largest absolute Gasteiger partial charge is 0.462 e. The quantitative estimate of drug-likeness (QED) is 0.752. The van der Waals surface area contributed by atoms with Gasteiger partial charge in [0.2, 0.25) is 10.0 Å². The molecule has 0 bridgehead atoms. The van der Waals surface area contributed by atoms with E-state index in [-0.39, 0.29) is 10.9 Å². The molecule has 0 unspecified atom stereocenters. The van der Waals surface area contributed by atoms with Crippen molar-refractivity contribution in [2.75, 3.05) is 38.2 Å². The minimum Gasteiger partial charge on any atom is -0.462 e. The first-order valence-electron chi connectivity index (χ1n) is 8.59. The lowest BCUT2D eigenvalue weighted by molar-refractivity contribution is 0.0526. The first-order valence-corrected chi connectivity index (χ1v) is 10.0. The number of sulfonamides is 1. The van der Waals surface area contributed by atoms with Crippen LogP contribution in [-0.2, 0) is 19.5 Å². The summed E-state index contributed by atoms with van der Waals surface area (Å²) in [6.45, 7) is 3.55. The Bertz CT molecular complexity index is 876. The molecule has 27 heavy (non-hydrogen) atoms. The topological polar surface area (TPSA) is 97.8 Å². The van der Waals surface area contributed by atoms with E-state index in [1.165, 1.54) is 16.6 Å². The van der Waals surface area contributed by atoms with Crippen LogP contribution in [0.2, 0.25) is 0 Å². The normalized spacial score (nSPS) is 15.3. The van der Waals surface area contributed by atoms with Gasteiger partial charge in [0.25, 0.3) is 0 Å². The fraction of sp³-hybridized carbons (Fsp3) is 0.333. The number of aromatic nitrogens is 1. The molecule has 2 aromatic rings. The van der Waals surface area contributed by atoms with Gasteiger partial charge >= 0.3 is 5.97 Å². The van der Waals surface area contributed by atoms with Gasteiger partial charge in [-0.15, -0.1) is 0 Å². The van der Waals surface area contributed by atoms with Gasteiger partial charge in [-0.05, 0) is 43.3 Å². The van der Waals surface area contributed by atoms with Crippen LogP contribution in [0.4, 0.5) is 11.5 Å². The summed E-state index contributed by atoms with van der Waals surface area (Å²) in [6, 6.07) is 9.88. The summed E-state index contributed by atoms with van der Waals surface area (Å²) in [6.07, 6.45) is 1.33. The predicted molar refractivity (Wildman–Crippen MR) is 99.5 cm³/mol. The van der Waals surface area contributed by atoms with Crippen LogP contribution in [0.15, 0.2) is 47.5 Å². The molecular formula is C18H21N3O5S. The Kier molecular flexibility index (Phi) is 6.04. The molecular weight excluding hydrogens is 370 g/mol. The molecule has 0 atom stereocenters. The number of ether oxygens (including phenoxy) is 2.